The van der Waals surface area contributed by atoms with Crippen molar-refractivity contribution < 1.29 is 9.53 Å². The van der Waals surface area contributed by atoms with E-state index in [1.807, 2.05) is 44.2 Å². The molecule has 118 valence electrons. The maximum atomic E-state index is 12.3. The molecule has 0 radical (unpaired) electrons. The van der Waals surface area contributed by atoms with Gasteiger partial charge in [0.2, 0.25) is 0 Å². The molecule has 1 aliphatic rings. The number of hydrogen-bond acceptors (Lipinski definition) is 4. The van der Waals surface area contributed by atoms with E-state index in [9.17, 15) is 4.79 Å². The number of anilines is 1. The van der Waals surface area contributed by atoms with Crippen LogP contribution in [0.3, 0.4) is 0 Å². The van der Waals surface area contributed by atoms with Crippen molar-refractivity contribution >= 4 is 17.5 Å². The van der Waals surface area contributed by atoms with Gasteiger partial charge >= 0.3 is 5.97 Å². The second-order valence-electron chi connectivity index (χ2n) is 5.74. The third-order valence-corrected chi connectivity index (χ3v) is 3.93. The van der Waals surface area contributed by atoms with Crippen LogP contribution < -0.4 is 10.1 Å². The molecular formula is C19H20N2O2. The zero-order valence-electron chi connectivity index (χ0n) is 13.4. The molecule has 0 atom stereocenters. The summed E-state index contributed by atoms with van der Waals surface area (Å²) in [6, 6.07) is 13.0. The predicted octanol–water partition coefficient (Wildman–Crippen LogP) is 4.13. The monoisotopic (exact) mass is 308 g/mol. The quantitative estimate of drug-likeness (QED) is 0.685. The fourth-order valence-corrected chi connectivity index (χ4v) is 2.51. The van der Waals surface area contributed by atoms with Crippen molar-refractivity contribution in [3.05, 3.63) is 59.2 Å². The maximum Gasteiger partial charge on any atom is 0.343 e. The molecule has 0 amide bonds. The van der Waals surface area contributed by atoms with Crippen molar-refractivity contribution in [2.75, 3.05) is 11.9 Å². The van der Waals surface area contributed by atoms with Gasteiger partial charge in [-0.1, -0.05) is 23.8 Å². The van der Waals surface area contributed by atoms with Crippen LogP contribution in [0, 0.1) is 13.8 Å². The number of carbonyl (C=O) groups is 1. The van der Waals surface area contributed by atoms with E-state index in [1.165, 1.54) is 0 Å². The van der Waals surface area contributed by atoms with Crippen molar-refractivity contribution in [2.24, 2.45) is 4.99 Å². The third-order valence-electron chi connectivity index (χ3n) is 3.93. The number of carbonyl (C=O) groups excluding carboxylic acids is 1. The molecular weight excluding hydrogens is 288 g/mol. The molecule has 0 saturated carbocycles. The van der Waals surface area contributed by atoms with Crippen molar-refractivity contribution in [2.45, 2.75) is 26.7 Å². The highest BCUT2D eigenvalue weighted by molar-refractivity contribution is 5.97. The minimum Gasteiger partial charge on any atom is -0.423 e. The minimum absolute atomic E-state index is 0.344. The Hall–Kier alpha value is -2.62. The molecule has 0 aliphatic carbocycles. The highest BCUT2D eigenvalue weighted by Crippen LogP contribution is 2.27. The van der Waals surface area contributed by atoms with Crippen LogP contribution >= 0.6 is 0 Å². The van der Waals surface area contributed by atoms with Gasteiger partial charge in [-0.05, 0) is 44.5 Å². The van der Waals surface area contributed by atoms with E-state index in [1.54, 1.807) is 12.1 Å². The molecule has 4 nitrogen and oxygen atoms in total. The number of nitrogens with zero attached hydrogens (tertiary/aromatic N) is 1. The Morgan fingerprint density at radius 1 is 1.13 bits per heavy atom. The molecule has 1 aliphatic heterocycles. The number of nitrogens with one attached hydrogen (secondary N) is 1. The van der Waals surface area contributed by atoms with Crippen LogP contribution in [-0.4, -0.2) is 18.3 Å². The molecule has 0 saturated heterocycles. The van der Waals surface area contributed by atoms with Gasteiger partial charge in [-0.25, -0.2) is 4.79 Å². The molecule has 0 spiro atoms. The van der Waals surface area contributed by atoms with Crippen molar-refractivity contribution in [1.82, 2.24) is 0 Å². The largest absolute Gasteiger partial charge is 0.423 e. The fourth-order valence-electron chi connectivity index (χ4n) is 2.51. The van der Waals surface area contributed by atoms with Gasteiger partial charge < -0.3 is 10.1 Å². The Morgan fingerprint density at radius 2 is 1.91 bits per heavy atom. The van der Waals surface area contributed by atoms with Crippen molar-refractivity contribution in [3.8, 4) is 5.75 Å². The van der Waals surface area contributed by atoms with Gasteiger partial charge in [-0.2, -0.15) is 0 Å². The molecule has 23 heavy (non-hydrogen) atoms. The summed E-state index contributed by atoms with van der Waals surface area (Å²) in [5.41, 5.74) is 3.50. The fraction of sp³-hybridized carbons (Fsp3) is 0.263. The molecule has 1 heterocycles. The topological polar surface area (TPSA) is 50.7 Å². The minimum atomic E-state index is -0.344. The van der Waals surface area contributed by atoms with Crippen molar-refractivity contribution in [1.29, 1.82) is 0 Å². The first-order chi connectivity index (χ1) is 11.1. The lowest BCUT2D eigenvalue weighted by Crippen LogP contribution is -2.12. The number of esters is 1. The number of amidine groups is 1. The summed E-state index contributed by atoms with van der Waals surface area (Å²) in [5.74, 6) is 1.22. The van der Waals surface area contributed by atoms with Gasteiger partial charge in [0.25, 0.3) is 0 Å². The lowest BCUT2D eigenvalue weighted by atomic mass is 10.1. The molecule has 0 aromatic heterocycles. The van der Waals surface area contributed by atoms with Crippen LogP contribution in [-0.2, 0) is 0 Å². The average molecular weight is 308 g/mol. The summed E-state index contributed by atoms with van der Waals surface area (Å²) in [6.45, 7) is 4.80. The SMILES string of the molecule is Cc1ccc(C(=O)Oc2cccc(NC3=NCCC3)c2C)cc1. The second-order valence-corrected chi connectivity index (χ2v) is 5.74. The van der Waals surface area contributed by atoms with Crippen LogP contribution in [0.25, 0.3) is 0 Å². The number of hydrogen-bond donors (Lipinski definition) is 1. The van der Waals surface area contributed by atoms with E-state index in [0.29, 0.717) is 11.3 Å². The van der Waals surface area contributed by atoms with Crippen molar-refractivity contribution in [3.63, 3.8) is 0 Å². The first-order valence-electron chi connectivity index (χ1n) is 7.82. The van der Waals surface area contributed by atoms with E-state index < -0.39 is 0 Å². The first kappa shape index (κ1) is 15.3. The summed E-state index contributed by atoms with van der Waals surface area (Å²) in [7, 11) is 0. The smallest absolute Gasteiger partial charge is 0.343 e. The number of aliphatic imine (C=N–C) groups is 1. The highest BCUT2D eigenvalue weighted by atomic mass is 16.5. The number of aryl methyl sites for hydroxylation is 1. The second kappa shape index (κ2) is 6.65. The average Bonchev–Trinajstić information content (AvgIpc) is 3.05. The van der Waals surface area contributed by atoms with Gasteiger partial charge in [0.1, 0.15) is 11.6 Å². The molecule has 2 aromatic rings. The molecule has 0 unspecified atom stereocenters. The summed E-state index contributed by atoms with van der Waals surface area (Å²) in [6.07, 6.45) is 2.05. The van der Waals surface area contributed by atoms with E-state index in [2.05, 4.69) is 10.3 Å². The Bertz CT molecular complexity index is 748. The van der Waals surface area contributed by atoms with Crippen LogP contribution in [0.2, 0.25) is 0 Å². The molecule has 0 bridgehead atoms. The van der Waals surface area contributed by atoms with E-state index in [4.69, 9.17) is 4.74 Å². The zero-order valence-corrected chi connectivity index (χ0v) is 13.4. The van der Waals surface area contributed by atoms with Gasteiger partial charge in [0.15, 0.2) is 0 Å². The normalized spacial score (nSPS) is 13.6. The Labute approximate surface area is 136 Å². The standard InChI is InChI=1S/C19H20N2O2/c1-13-8-10-15(11-9-13)19(22)23-17-6-3-5-16(14(17)2)21-18-7-4-12-20-18/h3,5-6,8-11H,4,7,12H2,1-2H3,(H,20,21). The van der Waals surface area contributed by atoms with Gasteiger partial charge in [-0.15, -0.1) is 0 Å². The summed E-state index contributed by atoms with van der Waals surface area (Å²) < 4.78 is 5.56. The van der Waals surface area contributed by atoms with E-state index in [-0.39, 0.29) is 5.97 Å². The Morgan fingerprint density at radius 3 is 2.61 bits per heavy atom. The summed E-state index contributed by atoms with van der Waals surface area (Å²) in [5, 5.41) is 3.33. The lowest BCUT2D eigenvalue weighted by molar-refractivity contribution is 0.0733. The molecule has 3 rings (SSSR count). The molecule has 2 aromatic carbocycles. The first-order valence-corrected chi connectivity index (χ1v) is 7.82. The van der Waals surface area contributed by atoms with Gasteiger partial charge in [0.05, 0.1) is 5.56 Å². The van der Waals surface area contributed by atoms with Gasteiger partial charge in [0, 0.05) is 24.2 Å². The maximum absolute atomic E-state index is 12.3. The van der Waals surface area contributed by atoms with Crippen LogP contribution in [0.1, 0.15) is 34.3 Å². The van der Waals surface area contributed by atoms with Crippen LogP contribution in [0.5, 0.6) is 5.75 Å². The molecule has 0 fully saturated rings. The molecule has 1 N–H and O–H groups in total. The summed E-state index contributed by atoms with van der Waals surface area (Å²) >= 11 is 0. The molecule has 4 heteroatoms. The van der Waals surface area contributed by atoms with Crippen LogP contribution in [0.4, 0.5) is 5.69 Å². The predicted molar refractivity (Wildman–Crippen MR) is 92.5 cm³/mol. The highest BCUT2D eigenvalue weighted by Gasteiger charge is 2.13. The van der Waals surface area contributed by atoms with E-state index in [0.717, 1.165) is 42.0 Å². The zero-order chi connectivity index (χ0) is 16.2. The summed E-state index contributed by atoms with van der Waals surface area (Å²) in [4.78, 5) is 16.7. The van der Waals surface area contributed by atoms with Crippen LogP contribution in [0.15, 0.2) is 47.5 Å². The number of benzene rings is 2. The lowest BCUT2D eigenvalue weighted by Gasteiger charge is -2.13. The number of rotatable bonds is 3. The number of ether oxygens (including phenoxy) is 1. The van der Waals surface area contributed by atoms with Gasteiger partial charge in [-0.3, -0.25) is 4.99 Å². The van der Waals surface area contributed by atoms with E-state index >= 15 is 0 Å². The Balaban J connectivity index is 1.77. The third kappa shape index (κ3) is 3.59. The Kier molecular flexibility index (Phi) is 4.42.